The fraction of sp³-hybridized carbons (Fsp3) is 0.893. The second-order valence-electron chi connectivity index (χ2n) is 12.2. The maximum atomic E-state index is 13.1. The van der Waals surface area contributed by atoms with E-state index in [-0.39, 0.29) is 13.0 Å². The van der Waals surface area contributed by atoms with Gasteiger partial charge in [0.05, 0.1) is 22.9 Å². The zero-order valence-corrected chi connectivity index (χ0v) is 24.5. The molecular formula is C28H46F6O6. The predicted molar refractivity (Wildman–Crippen MR) is 137 cm³/mol. The molecule has 0 saturated heterocycles. The molecule has 0 saturated carbocycles. The van der Waals surface area contributed by atoms with E-state index in [4.69, 9.17) is 4.74 Å². The maximum absolute atomic E-state index is 13.1. The third kappa shape index (κ3) is 13.6. The molecule has 0 heterocycles. The Hall–Kier alpha value is -2.01. The number of carbonyl (C=O) groups excluding carboxylic acids is 2. The smallest absolute Gasteiger partial charge is 0.434 e. The SMILES string of the molecule is CCCCCCCCCCCCOC(=O)C(C)(CC(C)(C)C(=O)O)CC(C)(C)C(=O)OC(C(F)(F)F)C(F)(F)F. The van der Waals surface area contributed by atoms with E-state index in [2.05, 4.69) is 11.7 Å². The van der Waals surface area contributed by atoms with Gasteiger partial charge in [-0.25, -0.2) is 0 Å². The third-order valence-electron chi connectivity index (χ3n) is 6.84. The first-order chi connectivity index (χ1) is 18.1. The Kier molecular flexibility index (Phi) is 15.0. The van der Waals surface area contributed by atoms with Gasteiger partial charge in [-0.05, 0) is 53.9 Å². The Labute approximate surface area is 233 Å². The molecule has 0 aromatic carbocycles. The van der Waals surface area contributed by atoms with Gasteiger partial charge >= 0.3 is 30.3 Å². The highest BCUT2D eigenvalue weighted by Crippen LogP contribution is 2.45. The van der Waals surface area contributed by atoms with Crippen LogP contribution < -0.4 is 0 Å². The van der Waals surface area contributed by atoms with Crippen LogP contribution in [-0.4, -0.2) is 48.1 Å². The van der Waals surface area contributed by atoms with Crippen molar-refractivity contribution in [2.24, 2.45) is 16.2 Å². The number of carboxylic acid groups (broad SMARTS) is 1. The van der Waals surface area contributed by atoms with E-state index < -0.39 is 59.0 Å². The van der Waals surface area contributed by atoms with Crippen LogP contribution in [0.25, 0.3) is 0 Å². The lowest BCUT2D eigenvalue weighted by Crippen LogP contribution is -2.49. The molecule has 236 valence electrons. The summed E-state index contributed by atoms with van der Waals surface area (Å²) in [5.41, 5.74) is -5.27. The zero-order valence-electron chi connectivity index (χ0n) is 24.5. The largest absolute Gasteiger partial charge is 0.481 e. The minimum Gasteiger partial charge on any atom is -0.481 e. The van der Waals surface area contributed by atoms with Crippen molar-refractivity contribution in [1.82, 2.24) is 0 Å². The lowest BCUT2D eigenvalue weighted by atomic mass is 9.66. The number of unbranched alkanes of at least 4 members (excludes halogenated alkanes) is 9. The fourth-order valence-electron chi connectivity index (χ4n) is 4.82. The lowest BCUT2D eigenvalue weighted by Gasteiger charge is -2.38. The number of hydrogen-bond acceptors (Lipinski definition) is 5. The van der Waals surface area contributed by atoms with Gasteiger partial charge in [0, 0.05) is 0 Å². The first-order valence-electron chi connectivity index (χ1n) is 13.9. The maximum Gasteiger partial charge on any atom is 0.434 e. The molecule has 0 fully saturated rings. The first-order valence-corrected chi connectivity index (χ1v) is 13.9. The van der Waals surface area contributed by atoms with Crippen molar-refractivity contribution in [3.05, 3.63) is 0 Å². The summed E-state index contributed by atoms with van der Waals surface area (Å²) in [6.07, 6.45) is -6.70. The van der Waals surface area contributed by atoms with Gasteiger partial charge in [-0.3, -0.25) is 14.4 Å². The Morgan fingerprint density at radius 1 is 0.650 bits per heavy atom. The van der Waals surface area contributed by atoms with Crippen LogP contribution in [0.4, 0.5) is 26.3 Å². The van der Waals surface area contributed by atoms with Gasteiger partial charge < -0.3 is 14.6 Å². The number of hydrogen-bond donors (Lipinski definition) is 1. The number of carboxylic acids is 1. The second kappa shape index (κ2) is 15.8. The van der Waals surface area contributed by atoms with Crippen molar-refractivity contribution in [2.45, 2.75) is 137 Å². The van der Waals surface area contributed by atoms with Crippen LogP contribution in [0.3, 0.4) is 0 Å². The summed E-state index contributed by atoms with van der Waals surface area (Å²) in [7, 11) is 0. The average molecular weight is 593 g/mol. The monoisotopic (exact) mass is 592 g/mol. The molecule has 0 aliphatic heterocycles. The van der Waals surface area contributed by atoms with Crippen molar-refractivity contribution in [3.63, 3.8) is 0 Å². The Morgan fingerprint density at radius 3 is 1.45 bits per heavy atom. The summed E-state index contributed by atoms with van der Waals surface area (Å²) in [6, 6.07) is 0. The van der Waals surface area contributed by atoms with Crippen LogP contribution in [0.5, 0.6) is 0 Å². The highest BCUT2D eigenvalue weighted by Gasteiger charge is 2.61. The van der Waals surface area contributed by atoms with Gasteiger partial charge in [0.2, 0.25) is 0 Å². The van der Waals surface area contributed by atoms with E-state index in [0.29, 0.717) is 6.42 Å². The van der Waals surface area contributed by atoms with Gasteiger partial charge in [-0.2, -0.15) is 26.3 Å². The number of ether oxygens (including phenoxy) is 2. The Morgan fingerprint density at radius 2 is 1.05 bits per heavy atom. The van der Waals surface area contributed by atoms with E-state index in [1.807, 2.05) is 0 Å². The molecule has 40 heavy (non-hydrogen) atoms. The molecule has 1 unspecified atom stereocenters. The van der Waals surface area contributed by atoms with Crippen LogP contribution in [0, 0.1) is 16.2 Å². The van der Waals surface area contributed by atoms with Crippen molar-refractivity contribution in [2.75, 3.05) is 6.61 Å². The number of aliphatic carboxylic acids is 1. The van der Waals surface area contributed by atoms with Crippen molar-refractivity contribution < 1.29 is 55.3 Å². The number of esters is 2. The highest BCUT2D eigenvalue weighted by atomic mass is 19.4. The molecule has 0 spiro atoms. The van der Waals surface area contributed by atoms with Gasteiger partial charge in [0.1, 0.15) is 0 Å². The van der Waals surface area contributed by atoms with Crippen LogP contribution in [0.2, 0.25) is 0 Å². The summed E-state index contributed by atoms with van der Waals surface area (Å²) in [5.74, 6) is -3.99. The van der Waals surface area contributed by atoms with Gasteiger partial charge in [0.25, 0.3) is 6.10 Å². The van der Waals surface area contributed by atoms with Gasteiger partial charge in [-0.15, -0.1) is 0 Å². The number of rotatable bonds is 19. The summed E-state index contributed by atoms with van der Waals surface area (Å²) in [4.78, 5) is 37.4. The van der Waals surface area contributed by atoms with Gasteiger partial charge in [0.15, 0.2) is 0 Å². The molecule has 1 atom stereocenters. The molecule has 0 aromatic rings. The van der Waals surface area contributed by atoms with Crippen LogP contribution in [0.1, 0.15) is 119 Å². The van der Waals surface area contributed by atoms with E-state index in [9.17, 15) is 45.8 Å². The van der Waals surface area contributed by atoms with E-state index in [1.54, 1.807) is 0 Å². The molecule has 0 bridgehead atoms. The van der Waals surface area contributed by atoms with E-state index >= 15 is 0 Å². The molecule has 6 nitrogen and oxygen atoms in total. The quantitative estimate of drug-likeness (QED) is 0.0920. The standard InChI is InChI=1S/C28H46F6O6/c1-7-8-9-10-11-12-13-14-15-16-17-39-23(38)26(6,18-24(2,3)21(35)36)19-25(4,5)22(37)40-20(27(29,30)31)28(32,33)34/h20H,7-19H2,1-6H3,(H,35,36). The molecule has 1 N–H and O–H groups in total. The molecular weight excluding hydrogens is 546 g/mol. The second-order valence-corrected chi connectivity index (χ2v) is 12.2. The summed E-state index contributed by atoms with van der Waals surface area (Å²) < 4.78 is 86.9. The van der Waals surface area contributed by atoms with Crippen LogP contribution in [-0.2, 0) is 23.9 Å². The molecule has 12 heteroatoms. The molecule has 0 amide bonds. The summed E-state index contributed by atoms with van der Waals surface area (Å²) in [5, 5.41) is 9.58. The first kappa shape index (κ1) is 38.0. The molecule has 0 aliphatic carbocycles. The predicted octanol–water partition coefficient (Wildman–Crippen LogP) is 8.41. The van der Waals surface area contributed by atoms with Crippen LogP contribution in [0.15, 0.2) is 0 Å². The van der Waals surface area contributed by atoms with Crippen molar-refractivity contribution in [3.8, 4) is 0 Å². The minimum absolute atomic E-state index is 0.00746. The zero-order chi connectivity index (χ0) is 31.4. The number of halogens is 6. The fourth-order valence-corrected chi connectivity index (χ4v) is 4.82. The van der Waals surface area contributed by atoms with E-state index in [1.165, 1.54) is 46.5 Å². The topological polar surface area (TPSA) is 89.9 Å². The minimum atomic E-state index is -5.90. The van der Waals surface area contributed by atoms with Gasteiger partial charge in [-0.1, -0.05) is 64.7 Å². The molecule has 0 aromatic heterocycles. The molecule has 0 aliphatic rings. The van der Waals surface area contributed by atoms with Crippen molar-refractivity contribution in [1.29, 1.82) is 0 Å². The molecule has 0 rings (SSSR count). The normalized spacial score (nSPS) is 14.6. The summed E-state index contributed by atoms with van der Waals surface area (Å²) >= 11 is 0. The highest BCUT2D eigenvalue weighted by molar-refractivity contribution is 5.82. The Bertz CT molecular complexity index is 792. The van der Waals surface area contributed by atoms with Crippen LogP contribution >= 0.6 is 0 Å². The number of carbonyl (C=O) groups is 3. The summed E-state index contributed by atoms with van der Waals surface area (Å²) in [6.45, 7) is 8.17. The Balaban J connectivity index is 5.36. The van der Waals surface area contributed by atoms with Crippen molar-refractivity contribution >= 4 is 17.9 Å². The third-order valence-corrected chi connectivity index (χ3v) is 6.84. The molecule has 0 radical (unpaired) electrons. The van der Waals surface area contributed by atoms with E-state index in [0.717, 1.165) is 46.0 Å². The average Bonchev–Trinajstić information content (AvgIpc) is 2.78. The lowest BCUT2D eigenvalue weighted by molar-refractivity contribution is -0.315. The number of alkyl halides is 6.